The maximum atomic E-state index is 10.7. The maximum Gasteiger partial charge on any atom is 0.404 e. The molecule has 1 aromatic carbocycles. The van der Waals surface area contributed by atoms with Crippen molar-refractivity contribution in [3.63, 3.8) is 0 Å². The zero-order valence-corrected chi connectivity index (χ0v) is 13.4. The fourth-order valence-corrected chi connectivity index (χ4v) is 2.66. The molecule has 0 aliphatic heterocycles. The standard InChI is InChI=1S/C18H18N4O2/c1-3-6-13-11-22(15-8-5-4-7-12(15)2)17-16(13)21-14(9-19-17)10-20-18(23)24/h3-5,7-9,11,20H,1,6,10H2,2H3,(H,23,24). The van der Waals surface area contributed by atoms with Crippen LogP contribution >= 0.6 is 0 Å². The molecule has 0 saturated carbocycles. The highest BCUT2D eigenvalue weighted by Gasteiger charge is 2.14. The van der Waals surface area contributed by atoms with Crippen molar-refractivity contribution in [1.29, 1.82) is 0 Å². The molecule has 6 heteroatoms. The van der Waals surface area contributed by atoms with Crippen molar-refractivity contribution < 1.29 is 9.90 Å². The third-order valence-electron chi connectivity index (χ3n) is 3.78. The number of carboxylic acid groups (broad SMARTS) is 1. The number of benzene rings is 1. The van der Waals surface area contributed by atoms with Gasteiger partial charge < -0.3 is 10.4 Å². The zero-order valence-electron chi connectivity index (χ0n) is 13.4. The number of carbonyl (C=O) groups is 1. The molecule has 1 amide bonds. The SMILES string of the molecule is C=CCc1cn(-c2ccccc2C)c2ncc(CNC(=O)O)nc12. The van der Waals surface area contributed by atoms with E-state index in [0.717, 1.165) is 28.0 Å². The van der Waals surface area contributed by atoms with E-state index in [4.69, 9.17) is 5.11 Å². The summed E-state index contributed by atoms with van der Waals surface area (Å²) in [7, 11) is 0. The minimum Gasteiger partial charge on any atom is -0.465 e. The number of rotatable bonds is 5. The molecule has 3 rings (SSSR count). The highest BCUT2D eigenvalue weighted by molar-refractivity contribution is 5.78. The number of amides is 1. The molecule has 0 unspecified atom stereocenters. The van der Waals surface area contributed by atoms with E-state index in [2.05, 4.69) is 21.9 Å². The van der Waals surface area contributed by atoms with Crippen LogP contribution in [0.25, 0.3) is 16.9 Å². The number of para-hydroxylation sites is 1. The smallest absolute Gasteiger partial charge is 0.404 e. The number of aryl methyl sites for hydroxylation is 1. The number of allylic oxidation sites excluding steroid dienone is 1. The number of nitrogens with one attached hydrogen (secondary N) is 1. The number of nitrogens with zero attached hydrogens (tertiary/aromatic N) is 3. The quantitative estimate of drug-likeness (QED) is 0.707. The Morgan fingerprint density at radius 1 is 1.42 bits per heavy atom. The Balaban J connectivity index is 2.13. The molecule has 3 aromatic rings. The number of aromatic nitrogens is 3. The van der Waals surface area contributed by atoms with Gasteiger partial charge in [0.2, 0.25) is 0 Å². The lowest BCUT2D eigenvalue weighted by Gasteiger charge is -2.08. The Labute approximate surface area is 139 Å². The minimum absolute atomic E-state index is 0.126. The summed E-state index contributed by atoms with van der Waals surface area (Å²) in [5.41, 5.74) is 5.29. The molecule has 0 spiro atoms. The summed E-state index contributed by atoms with van der Waals surface area (Å²) in [6, 6.07) is 8.07. The molecule has 0 bridgehead atoms. The number of hydrogen-bond acceptors (Lipinski definition) is 3. The summed E-state index contributed by atoms with van der Waals surface area (Å²) >= 11 is 0. The van der Waals surface area contributed by atoms with Gasteiger partial charge in [0, 0.05) is 17.4 Å². The van der Waals surface area contributed by atoms with Crippen molar-refractivity contribution in [3.8, 4) is 5.69 Å². The van der Waals surface area contributed by atoms with E-state index in [1.165, 1.54) is 0 Å². The number of fused-ring (bicyclic) bond motifs is 1. The van der Waals surface area contributed by atoms with Crippen LogP contribution in [0.4, 0.5) is 4.79 Å². The van der Waals surface area contributed by atoms with Crippen molar-refractivity contribution in [2.45, 2.75) is 19.9 Å². The highest BCUT2D eigenvalue weighted by Crippen LogP contribution is 2.24. The molecule has 0 aliphatic carbocycles. The van der Waals surface area contributed by atoms with Gasteiger partial charge in [-0.1, -0.05) is 24.3 Å². The Morgan fingerprint density at radius 2 is 2.21 bits per heavy atom. The molecule has 2 N–H and O–H groups in total. The predicted molar refractivity (Wildman–Crippen MR) is 92.4 cm³/mol. The van der Waals surface area contributed by atoms with E-state index in [1.807, 2.05) is 48.0 Å². The van der Waals surface area contributed by atoms with Gasteiger partial charge in [0.05, 0.1) is 18.4 Å². The van der Waals surface area contributed by atoms with E-state index in [0.29, 0.717) is 12.1 Å². The van der Waals surface area contributed by atoms with Crippen LogP contribution < -0.4 is 5.32 Å². The van der Waals surface area contributed by atoms with E-state index in [1.54, 1.807) is 6.20 Å². The first-order valence-electron chi connectivity index (χ1n) is 7.59. The van der Waals surface area contributed by atoms with Crippen molar-refractivity contribution in [3.05, 3.63) is 66.1 Å². The van der Waals surface area contributed by atoms with Crippen LogP contribution in [0.1, 0.15) is 16.8 Å². The second kappa shape index (κ2) is 6.54. The Hall–Kier alpha value is -3.15. The normalized spacial score (nSPS) is 10.7. The molecule has 0 fully saturated rings. The van der Waals surface area contributed by atoms with Gasteiger partial charge in [0.1, 0.15) is 5.52 Å². The van der Waals surface area contributed by atoms with Gasteiger partial charge in [-0.3, -0.25) is 4.57 Å². The van der Waals surface area contributed by atoms with E-state index < -0.39 is 6.09 Å². The van der Waals surface area contributed by atoms with Crippen molar-refractivity contribution in [2.24, 2.45) is 0 Å². The van der Waals surface area contributed by atoms with E-state index in [-0.39, 0.29) is 6.54 Å². The summed E-state index contributed by atoms with van der Waals surface area (Å²) in [5, 5.41) is 11.0. The molecule has 2 aromatic heterocycles. The Morgan fingerprint density at radius 3 is 2.92 bits per heavy atom. The topological polar surface area (TPSA) is 80.0 Å². The summed E-state index contributed by atoms with van der Waals surface area (Å²) in [5.74, 6) is 0. The maximum absolute atomic E-state index is 10.7. The monoisotopic (exact) mass is 322 g/mol. The minimum atomic E-state index is -1.08. The van der Waals surface area contributed by atoms with Crippen LogP contribution in [0.3, 0.4) is 0 Å². The second-order valence-electron chi connectivity index (χ2n) is 5.50. The van der Waals surface area contributed by atoms with Crippen molar-refractivity contribution >= 4 is 17.3 Å². The van der Waals surface area contributed by atoms with Gasteiger partial charge in [0.15, 0.2) is 5.65 Å². The fraction of sp³-hybridized carbons (Fsp3) is 0.167. The molecule has 2 heterocycles. The van der Waals surface area contributed by atoms with E-state index in [9.17, 15) is 4.79 Å². The molecule has 0 saturated heterocycles. The molecule has 0 aliphatic rings. The first kappa shape index (κ1) is 15.7. The average molecular weight is 322 g/mol. The van der Waals surface area contributed by atoms with Crippen LogP contribution in [0, 0.1) is 6.92 Å². The van der Waals surface area contributed by atoms with Crippen LogP contribution in [-0.4, -0.2) is 25.7 Å². The first-order chi connectivity index (χ1) is 11.6. The van der Waals surface area contributed by atoms with Crippen molar-refractivity contribution in [2.75, 3.05) is 0 Å². The number of hydrogen-bond donors (Lipinski definition) is 2. The summed E-state index contributed by atoms with van der Waals surface area (Å²) < 4.78 is 2.02. The van der Waals surface area contributed by atoms with Crippen LogP contribution in [0.5, 0.6) is 0 Å². The van der Waals surface area contributed by atoms with Gasteiger partial charge in [-0.05, 0) is 25.0 Å². The highest BCUT2D eigenvalue weighted by atomic mass is 16.4. The van der Waals surface area contributed by atoms with Crippen LogP contribution in [-0.2, 0) is 13.0 Å². The first-order valence-corrected chi connectivity index (χ1v) is 7.59. The average Bonchev–Trinajstić information content (AvgIpc) is 2.92. The summed E-state index contributed by atoms with van der Waals surface area (Å²) in [6.07, 6.45) is 5.02. The zero-order chi connectivity index (χ0) is 17.1. The fourth-order valence-electron chi connectivity index (χ4n) is 2.66. The largest absolute Gasteiger partial charge is 0.465 e. The molecule has 0 atom stereocenters. The molecule has 122 valence electrons. The molecule has 24 heavy (non-hydrogen) atoms. The molecular formula is C18H18N4O2. The van der Waals surface area contributed by atoms with Gasteiger partial charge in [-0.15, -0.1) is 6.58 Å². The van der Waals surface area contributed by atoms with Crippen LogP contribution in [0.15, 0.2) is 49.3 Å². The lowest BCUT2D eigenvalue weighted by atomic mass is 10.2. The van der Waals surface area contributed by atoms with E-state index >= 15 is 0 Å². The molecule has 0 radical (unpaired) electrons. The Bertz CT molecular complexity index is 915. The van der Waals surface area contributed by atoms with Gasteiger partial charge in [-0.2, -0.15) is 0 Å². The summed E-state index contributed by atoms with van der Waals surface area (Å²) in [6.45, 7) is 5.97. The van der Waals surface area contributed by atoms with Gasteiger partial charge in [0.25, 0.3) is 0 Å². The molecule has 6 nitrogen and oxygen atoms in total. The van der Waals surface area contributed by atoms with Gasteiger partial charge in [-0.25, -0.2) is 14.8 Å². The molecular weight excluding hydrogens is 304 g/mol. The Kier molecular flexibility index (Phi) is 4.29. The third kappa shape index (κ3) is 2.99. The predicted octanol–water partition coefficient (Wildman–Crippen LogP) is 3.23. The van der Waals surface area contributed by atoms with Crippen LogP contribution in [0.2, 0.25) is 0 Å². The lowest BCUT2D eigenvalue weighted by molar-refractivity contribution is 0.194. The van der Waals surface area contributed by atoms with Gasteiger partial charge >= 0.3 is 6.09 Å². The van der Waals surface area contributed by atoms with Crippen molar-refractivity contribution in [1.82, 2.24) is 19.9 Å². The summed E-state index contributed by atoms with van der Waals surface area (Å²) in [4.78, 5) is 19.8. The second-order valence-corrected chi connectivity index (χ2v) is 5.50. The lowest BCUT2D eigenvalue weighted by Crippen LogP contribution is -2.20. The third-order valence-corrected chi connectivity index (χ3v) is 3.78.